The Morgan fingerprint density at radius 2 is 1.97 bits per heavy atom. The van der Waals surface area contributed by atoms with E-state index in [1.165, 1.54) is 57.4 Å². The Hall–Kier alpha value is -2.44. The fourth-order valence-corrected chi connectivity index (χ4v) is 4.04. The molecule has 0 bridgehead atoms. The second kappa shape index (κ2) is 13.7. The molecule has 6 N–H and O–H groups in total. The molecule has 2 atom stereocenters. The topological polar surface area (TPSA) is 116 Å². The molecule has 7 heteroatoms. The highest BCUT2D eigenvalue weighted by Crippen LogP contribution is 2.23. The molecular weight excluding hydrogens is 378 g/mol. The molecule has 0 aromatic carbocycles. The summed E-state index contributed by atoms with van der Waals surface area (Å²) in [6, 6.07) is 3.70. The van der Waals surface area contributed by atoms with Crippen LogP contribution in [0.4, 0.5) is 5.82 Å². The Morgan fingerprint density at radius 3 is 2.57 bits per heavy atom. The van der Waals surface area contributed by atoms with E-state index in [-0.39, 0.29) is 12.1 Å². The van der Waals surface area contributed by atoms with Crippen LogP contribution in [0, 0.1) is 0 Å². The minimum Gasteiger partial charge on any atom is -0.478 e. The number of aromatic nitrogens is 1. The Labute approximate surface area is 180 Å². The van der Waals surface area contributed by atoms with E-state index in [2.05, 4.69) is 27.5 Å². The van der Waals surface area contributed by atoms with Gasteiger partial charge in [0, 0.05) is 18.8 Å². The van der Waals surface area contributed by atoms with E-state index in [9.17, 15) is 9.90 Å². The zero-order valence-electron chi connectivity index (χ0n) is 18.3. The van der Waals surface area contributed by atoms with Crippen molar-refractivity contribution in [2.45, 2.75) is 89.6 Å². The predicted octanol–water partition coefficient (Wildman–Crippen LogP) is 4.40. The largest absolute Gasteiger partial charge is 0.478 e. The minimum atomic E-state index is -0.932. The number of carboxylic acids is 1. The van der Waals surface area contributed by atoms with Crippen molar-refractivity contribution in [3.05, 3.63) is 30.0 Å². The number of aliphatic carboxylic acids is 1. The molecule has 30 heavy (non-hydrogen) atoms. The summed E-state index contributed by atoms with van der Waals surface area (Å²) in [5.41, 5.74) is 6.69. The van der Waals surface area contributed by atoms with Crippen LogP contribution in [0.25, 0.3) is 0 Å². The van der Waals surface area contributed by atoms with E-state index >= 15 is 0 Å². The van der Waals surface area contributed by atoms with E-state index < -0.39 is 5.97 Å². The first kappa shape index (κ1) is 23.8. The van der Waals surface area contributed by atoms with Gasteiger partial charge in [-0.2, -0.15) is 0 Å². The molecule has 1 aromatic rings. The average Bonchev–Trinajstić information content (AvgIpc) is 3.23. The van der Waals surface area contributed by atoms with Crippen LogP contribution in [-0.4, -0.2) is 40.6 Å². The monoisotopic (exact) mass is 417 g/mol. The van der Waals surface area contributed by atoms with Gasteiger partial charge in [0.05, 0.1) is 12.1 Å². The highest BCUT2D eigenvalue weighted by molar-refractivity contribution is 5.83. The third-order valence-electron chi connectivity index (χ3n) is 5.64. The number of nitrogens with two attached hydrogens (primary N) is 1. The first-order chi connectivity index (χ1) is 14.6. The molecule has 0 radical (unpaired) electrons. The van der Waals surface area contributed by atoms with Crippen LogP contribution in [0.5, 0.6) is 0 Å². The Bertz CT molecular complexity index is 669. The Balaban J connectivity index is 1.93. The number of guanidine groups is 1. The minimum absolute atomic E-state index is 0.0762. The number of nitrogens with one attached hydrogen (secondary N) is 3. The zero-order chi connectivity index (χ0) is 21.6. The lowest BCUT2D eigenvalue weighted by Crippen LogP contribution is -2.47. The maximum Gasteiger partial charge on any atom is 0.328 e. The van der Waals surface area contributed by atoms with Crippen molar-refractivity contribution in [2.24, 2.45) is 10.7 Å². The fourth-order valence-electron chi connectivity index (χ4n) is 4.04. The molecule has 168 valence electrons. The molecule has 0 unspecified atom stereocenters. The summed E-state index contributed by atoms with van der Waals surface area (Å²) in [6.45, 7) is 2.85. The third kappa shape index (κ3) is 8.93. The number of carboxylic acid groups (broad SMARTS) is 1. The summed E-state index contributed by atoms with van der Waals surface area (Å²) in [6.07, 6.45) is 16.2. The first-order valence-electron chi connectivity index (χ1n) is 11.5. The van der Waals surface area contributed by atoms with E-state index in [1.54, 1.807) is 0 Å². The highest BCUT2D eigenvalue weighted by atomic mass is 16.4. The summed E-state index contributed by atoms with van der Waals surface area (Å²) in [7, 11) is 0. The van der Waals surface area contributed by atoms with Gasteiger partial charge in [0.2, 0.25) is 0 Å². The van der Waals surface area contributed by atoms with Gasteiger partial charge in [0.25, 0.3) is 0 Å². The predicted molar refractivity (Wildman–Crippen MR) is 124 cm³/mol. The fraction of sp³-hybridized carbons (Fsp3) is 0.652. The van der Waals surface area contributed by atoms with Crippen molar-refractivity contribution in [3.63, 3.8) is 0 Å². The van der Waals surface area contributed by atoms with Gasteiger partial charge >= 0.3 is 5.97 Å². The second-order valence-corrected chi connectivity index (χ2v) is 8.13. The lowest BCUT2D eigenvalue weighted by molar-refractivity contribution is -0.131. The van der Waals surface area contributed by atoms with E-state index in [0.29, 0.717) is 12.5 Å². The van der Waals surface area contributed by atoms with Crippen LogP contribution in [-0.2, 0) is 4.79 Å². The van der Waals surface area contributed by atoms with Gasteiger partial charge in [-0.3, -0.25) is 4.99 Å². The van der Waals surface area contributed by atoms with E-state index in [4.69, 9.17) is 5.73 Å². The van der Waals surface area contributed by atoms with Crippen molar-refractivity contribution < 1.29 is 9.90 Å². The maximum absolute atomic E-state index is 11.6. The van der Waals surface area contributed by atoms with Gasteiger partial charge in [-0.05, 0) is 30.5 Å². The molecule has 0 amide bonds. The number of aromatic amines is 1. The number of carbonyl (C=O) groups is 1. The van der Waals surface area contributed by atoms with Gasteiger partial charge in [-0.15, -0.1) is 0 Å². The summed E-state index contributed by atoms with van der Waals surface area (Å²) >= 11 is 0. The summed E-state index contributed by atoms with van der Waals surface area (Å²) in [5.74, 6) is 0.340. The number of rotatable bonds is 15. The number of H-pyrrole nitrogens is 1. The third-order valence-corrected chi connectivity index (χ3v) is 5.64. The van der Waals surface area contributed by atoms with Crippen molar-refractivity contribution >= 4 is 17.7 Å². The summed E-state index contributed by atoms with van der Waals surface area (Å²) in [4.78, 5) is 18.9. The lowest BCUT2D eigenvalue weighted by Gasteiger charge is -2.31. The van der Waals surface area contributed by atoms with Crippen LogP contribution >= 0.6 is 0 Å². The number of unbranched alkanes of at least 4 members (excludes halogenated alkanes) is 8. The number of nitrogens with zero attached hydrogens (tertiary/aromatic N) is 1. The molecule has 0 spiro atoms. The van der Waals surface area contributed by atoms with Crippen molar-refractivity contribution in [2.75, 3.05) is 11.9 Å². The van der Waals surface area contributed by atoms with Gasteiger partial charge in [-0.25, -0.2) is 4.79 Å². The van der Waals surface area contributed by atoms with Crippen LogP contribution in [0.2, 0.25) is 0 Å². The standard InChI is InChI=1S/C23H39N5O2/c1-2-3-4-5-6-7-8-9-10-12-19(27-21-13-11-15-25-21)18(17-22(29)30)20-14-16-26-23(24)28-20/h11,13,15,17,19-20,25,27H,2-10,12,14,16H2,1H3,(H,29,30)(H3,24,26,28)/b18-17-/t19-,20-/m1/s1. The molecule has 0 saturated heterocycles. The van der Waals surface area contributed by atoms with Gasteiger partial charge in [-0.1, -0.05) is 64.7 Å². The van der Waals surface area contributed by atoms with Crippen LogP contribution in [0.15, 0.2) is 35.0 Å². The van der Waals surface area contributed by atoms with E-state index in [0.717, 1.165) is 30.7 Å². The average molecular weight is 418 g/mol. The molecule has 1 aliphatic rings. The van der Waals surface area contributed by atoms with Gasteiger partial charge in [0.1, 0.15) is 5.82 Å². The second-order valence-electron chi connectivity index (χ2n) is 8.13. The van der Waals surface area contributed by atoms with Gasteiger partial charge < -0.3 is 26.5 Å². The van der Waals surface area contributed by atoms with Crippen LogP contribution < -0.4 is 16.4 Å². The molecule has 2 heterocycles. The smallest absolute Gasteiger partial charge is 0.328 e. The summed E-state index contributed by atoms with van der Waals surface area (Å²) in [5, 5.41) is 16.1. The molecule has 1 aliphatic heterocycles. The zero-order valence-corrected chi connectivity index (χ0v) is 18.3. The van der Waals surface area contributed by atoms with Crippen molar-refractivity contribution in [3.8, 4) is 0 Å². The van der Waals surface area contributed by atoms with Crippen molar-refractivity contribution in [1.29, 1.82) is 0 Å². The molecule has 0 saturated carbocycles. The quantitative estimate of drug-likeness (QED) is 0.214. The van der Waals surface area contributed by atoms with Gasteiger partial charge in [0.15, 0.2) is 5.96 Å². The van der Waals surface area contributed by atoms with Crippen LogP contribution in [0.1, 0.15) is 77.6 Å². The SMILES string of the molecule is CCCCCCCCCCC[C@@H](Nc1ccc[nH]1)/C(=C/C(=O)O)[C@H]1CCN=C(N)N1. The molecule has 2 rings (SSSR count). The molecule has 7 nitrogen and oxygen atoms in total. The lowest BCUT2D eigenvalue weighted by atomic mass is 9.91. The molecule has 0 aliphatic carbocycles. The number of hydrogen-bond acceptors (Lipinski definition) is 5. The number of hydrogen-bond donors (Lipinski definition) is 5. The highest BCUT2D eigenvalue weighted by Gasteiger charge is 2.26. The van der Waals surface area contributed by atoms with Crippen molar-refractivity contribution in [1.82, 2.24) is 10.3 Å². The number of anilines is 1. The van der Waals surface area contributed by atoms with E-state index in [1.807, 2.05) is 18.3 Å². The normalized spacial score (nSPS) is 17.8. The number of aliphatic imine (C=N–C) groups is 1. The molecule has 0 fully saturated rings. The molecular formula is C23H39N5O2. The Morgan fingerprint density at radius 1 is 1.27 bits per heavy atom. The Kier molecular flexibility index (Phi) is 10.9. The first-order valence-corrected chi connectivity index (χ1v) is 11.5. The summed E-state index contributed by atoms with van der Waals surface area (Å²) < 4.78 is 0. The molecule has 1 aromatic heterocycles. The maximum atomic E-state index is 11.6. The van der Waals surface area contributed by atoms with Crippen LogP contribution in [0.3, 0.4) is 0 Å².